The Morgan fingerprint density at radius 1 is 1.08 bits per heavy atom. The molecule has 1 N–H and O–H groups in total. The first kappa shape index (κ1) is 20.7. The number of hydrogen-bond acceptors (Lipinski definition) is 1. The molecule has 0 saturated carbocycles. The Balaban J connectivity index is 0.000000254. The highest BCUT2D eigenvalue weighted by molar-refractivity contribution is 5.82. The summed E-state index contributed by atoms with van der Waals surface area (Å²) in [7, 11) is 0. The summed E-state index contributed by atoms with van der Waals surface area (Å²) in [6.45, 7) is 11.9. The fourth-order valence-electron chi connectivity index (χ4n) is 3.11. The zero-order chi connectivity index (χ0) is 18.1. The third-order valence-corrected chi connectivity index (χ3v) is 4.96. The van der Waals surface area contributed by atoms with Crippen molar-refractivity contribution in [2.75, 3.05) is 6.54 Å². The van der Waals surface area contributed by atoms with Crippen LogP contribution in [0.4, 0.5) is 0 Å². The van der Waals surface area contributed by atoms with Crippen molar-refractivity contribution in [3.63, 3.8) is 0 Å². The van der Waals surface area contributed by atoms with Gasteiger partial charge in [-0.15, -0.1) is 0 Å². The van der Waals surface area contributed by atoms with Crippen molar-refractivity contribution in [3.05, 3.63) is 35.9 Å². The average molecular weight is 332 g/mol. The summed E-state index contributed by atoms with van der Waals surface area (Å²) in [6, 6.07) is 10.6. The molecule has 1 saturated heterocycles. The molecule has 1 aromatic rings. The van der Waals surface area contributed by atoms with E-state index in [1.807, 2.05) is 0 Å². The van der Waals surface area contributed by atoms with Gasteiger partial charge in [0, 0.05) is 12.0 Å². The van der Waals surface area contributed by atoms with Gasteiger partial charge in [0.2, 0.25) is 5.91 Å². The van der Waals surface area contributed by atoms with Crippen LogP contribution >= 0.6 is 0 Å². The van der Waals surface area contributed by atoms with E-state index in [-0.39, 0.29) is 11.3 Å². The largest absolute Gasteiger partial charge is 0.356 e. The lowest BCUT2D eigenvalue weighted by atomic mass is 9.80. The predicted octanol–water partition coefficient (Wildman–Crippen LogP) is 5.86. The van der Waals surface area contributed by atoms with E-state index in [0.29, 0.717) is 5.41 Å². The van der Waals surface area contributed by atoms with Gasteiger partial charge in [-0.1, -0.05) is 90.6 Å². The van der Waals surface area contributed by atoms with Gasteiger partial charge < -0.3 is 5.32 Å². The molecule has 0 aromatic heterocycles. The molecule has 1 aliphatic rings. The van der Waals surface area contributed by atoms with Gasteiger partial charge in [0.25, 0.3) is 0 Å². The Morgan fingerprint density at radius 3 is 2.29 bits per heavy atom. The van der Waals surface area contributed by atoms with Crippen LogP contribution in [0.2, 0.25) is 0 Å². The topological polar surface area (TPSA) is 29.1 Å². The lowest BCUT2D eigenvalue weighted by Gasteiger charge is -2.25. The number of unbranched alkanes of at least 4 members (excludes halogenated alkanes) is 2. The molecular weight excluding hydrogens is 294 g/mol. The molecule has 0 radical (unpaired) electrons. The van der Waals surface area contributed by atoms with E-state index in [9.17, 15) is 4.79 Å². The van der Waals surface area contributed by atoms with Gasteiger partial charge >= 0.3 is 0 Å². The minimum absolute atomic E-state index is 0.0777. The molecule has 1 atom stereocenters. The fourth-order valence-corrected chi connectivity index (χ4v) is 3.11. The number of nitrogens with one attached hydrogen (secondary N) is 1. The molecule has 2 rings (SSSR count). The molecule has 0 aliphatic carbocycles. The molecule has 2 heteroatoms. The van der Waals surface area contributed by atoms with Crippen LogP contribution in [-0.4, -0.2) is 12.5 Å². The maximum atomic E-state index is 11.8. The van der Waals surface area contributed by atoms with E-state index in [4.69, 9.17) is 0 Å². The van der Waals surface area contributed by atoms with Crippen LogP contribution in [0.1, 0.15) is 85.1 Å². The maximum Gasteiger partial charge on any atom is 0.225 e. The smallest absolute Gasteiger partial charge is 0.225 e. The molecule has 136 valence electrons. The van der Waals surface area contributed by atoms with Crippen molar-refractivity contribution < 1.29 is 4.79 Å². The first-order valence-electron chi connectivity index (χ1n) is 9.63. The number of benzene rings is 1. The molecule has 0 bridgehead atoms. The second-order valence-electron chi connectivity index (χ2n) is 8.35. The van der Waals surface area contributed by atoms with Crippen molar-refractivity contribution in [2.45, 2.75) is 85.0 Å². The summed E-state index contributed by atoms with van der Waals surface area (Å²) in [5.41, 5.74) is 1.61. The summed E-state index contributed by atoms with van der Waals surface area (Å²) in [5.74, 6) is 0.283. The number of rotatable bonds is 4. The van der Waals surface area contributed by atoms with Gasteiger partial charge in [-0.05, 0) is 30.2 Å². The van der Waals surface area contributed by atoms with Crippen molar-refractivity contribution in [1.82, 2.24) is 5.32 Å². The monoisotopic (exact) mass is 331 g/mol. The van der Waals surface area contributed by atoms with Gasteiger partial charge in [-0.2, -0.15) is 0 Å². The van der Waals surface area contributed by atoms with E-state index >= 15 is 0 Å². The quantitative estimate of drug-likeness (QED) is 0.688. The van der Waals surface area contributed by atoms with Crippen LogP contribution in [-0.2, 0) is 10.2 Å². The van der Waals surface area contributed by atoms with Crippen LogP contribution in [0, 0.1) is 5.41 Å². The lowest BCUT2D eigenvalue weighted by molar-refractivity contribution is -0.130. The van der Waals surface area contributed by atoms with Crippen molar-refractivity contribution >= 4 is 5.91 Å². The third-order valence-electron chi connectivity index (χ3n) is 4.96. The number of amides is 1. The standard InChI is InChI=1S/C12H23NO.C10H14/c1-3-4-5-8-12(2)9-6-7-10-13-11(12)14;1-10(2,3)9-7-5-4-6-8-9/h3-10H2,1-2H3,(H,13,14);4-8H,1-3H3. The highest BCUT2D eigenvalue weighted by atomic mass is 16.2. The van der Waals surface area contributed by atoms with Crippen LogP contribution < -0.4 is 5.32 Å². The number of carbonyl (C=O) groups excluding carboxylic acids is 1. The molecule has 1 aromatic carbocycles. The minimum Gasteiger partial charge on any atom is -0.356 e. The van der Waals surface area contributed by atoms with Crippen LogP contribution in [0.15, 0.2) is 30.3 Å². The molecule has 1 aliphatic heterocycles. The Bertz CT molecular complexity index is 474. The summed E-state index contributed by atoms with van der Waals surface area (Å²) in [4.78, 5) is 11.8. The van der Waals surface area contributed by atoms with Crippen LogP contribution in [0.3, 0.4) is 0 Å². The highest BCUT2D eigenvalue weighted by Gasteiger charge is 2.33. The number of carbonyl (C=O) groups is 1. The minimum atomic E-state index is -0.0777. The zero-order valence-electron chi connectivity index (χ0n) is 16.5. The Labute approximate surface area is 149 Å². The van der Waals surface area contributed by atoms with Crippen molar-refractivity contribution in [2.24, 2.45) is 5.41 Å². The predicted molar refractivity (Wildman–Crippen MR) is 104 cm³/mol. The summed E-state index contributed by atoms with van der Waals surface area (Å²) in [5, 5.41) is 3.02. The molecular formula is C22H37NO. The molecule has 1 heterocycles. The lowest BCUT2D eigenvalue weighted by Crippen LogP contribution is -2.37. The molecule has 1 unspecified atom stereocenters. The average Bonchev–Trinajstić information content (AvgIpc) is 2.71. The maximum absolute atomic E-state index is 11.8. The summed E-state index contributed by atoms with van der Waals surface area (Å²) < 4.78 is 0. The molecule has 2 nitrogen and oxygen atoms in total. The van der Waals surface area contributed by atoms with E-state index in [0.717, 1.165) is 25.8 Å². The first-order valence-corrected chi connectivity index (χ1v) is 9.63. The van der Waals surface area contributed by atoms with Gasteiger partial charge in [0.05, 0.1) is 0 Å². The van der Waals surface area contributed by atoms with E-state index in [1.165, 1.54) is 31.2 Å². The number of hydrogen-bond donors (Lipinski definition) is 1. The molecule has 24 heavy (non-hydrogen) atoms. The van der Waals surface area contributed by atoms with Crippen molar-refractivity contribution in [1.29, 1.82) is 0 Å². The summed E-state index contributed by atoms with van der Waals surface area (Å²) in [6.07, 6.45) is 8.16. The van der Waals surface area contributed by atoms with Gasteiger partial charge in [-0.3, -0.25) is 4.79 Å². The zero-order valence-corrected chi connectivity index (χ0v) is 16.5. The Kier molecular flexibility index (Phi) is 8.52. The normalized spacial score (nSPS) is 21.3. The molecule has 1 fully saturated rings. The fraction of sp³-hybridized carbons (Fsp3) is 0.682. The van der Waals surface area contributed by atoms with Crippen molar-refractivity contribution in [3.8, 4) is 0 Å². The van der Waals surface area contributed by atoms with Crippen LogP contribution in [0.25, 0.3) is 0 Å². The van der Waals surface area contributed by atoms with E-state index in [1.54, 1.807) is 0 Å². The summed E-state index contributed by atoms with van der Waals surface area (Å²) >= 11 is 0. The SMILES string of the molecule is CC(C)(C)c1ccccc1.CCCCCC1(C)CCCCNC1=O. The van der Waals surface area contributed by atoms with Crippen LogP contribution in [0.5, 0.6) is 0 Å². The first-order chi connectivity index (χ1) is 11.3. The third kappa shape index (κ3) is 7.07. The second-order valence-corrected chi connectivity index (χ2v) is 8.35. The Hall–Kier alpha value is -1.31. The van der Waals surface area contributed by atoms with E-state index in [2.05, 4.69) is 70.3 Å². The van der Waals surface area contributed by atoms with Gasteiger partial charge in [0.15, 0.2) is 0 Å². The second kappa shape index (κ2) is 9.86. The molecule has 1 amide bonds. The molecule has 0 spiro atoms. The van der Waals surface area contributed by atoms with Gasteiger partial charge in [-0.25, -0.2) is 0 Å². The highest BCUT2D eigenvalue weighted by Crippen LogP contribution is 2.32. The van der Waals surface area contributed by atoms with E-state index < -0.39 is 0 Å². The Morgan fingerprint density at radius 2 is 1.75 bits per heavy atom. The van der Waals surface area contributed by atoms with Gasteiger partial charge in [0.1, 0.15) is 0 Å².